The number of hydrogen-bond donors (Lipinski definition) is 1. The van der Waals surface area contributed by atoms with E-state index < -0.39 is 11.6 Å². The Hall–Kier alpha value is -1.94. The monoisotopic (exact) mass is 289 g/mol. The molecule has 0 bridgehead atoms. The lowest BCUT2D eigenvalue weighted by Crippen LogP contribution is -2.43. The lowest BCUT2D eigenvalue weighted by molar-refractivity contribution is 0.126. The van der Waals surface area contributed by atoms with Gasteiger partial charge in [0.05, 0.1) is 6.61 Å². The fourth-order valence-corrected chi connectivity index (χ4v) is 2.88. The van der Waals surface area contributed by atoms with E-state index in [0.29, 0.717) is 19.6 Å². The highest BCUT2D eigenvalue weighted by Gasteiger charge is 2.35. The summed E-state index contributed by atoms with van der Waals surface area (Å²) < 4.78 is 32.2. The van der Waals surface area contributed by atoms with Gasteiger partial charge < -0.3 is 10.5 Å². The molecule has 0 saturated heterocycles. The molecule has 2 aromatic rings. The van der Waals surface area contributed by atoms with Crippen molar-refractivity contribution in [3.8, 4) is 5.75 Å². The molecule has 2 nitrogen and oxygen atoms in total. The van der Waals surface area contributed by atoms with E-state index in [4.69, 9.17) is 10.5 Å². The van der Waals surface area contributed by atoms with Gasteiger partial charge in [0, 0.05) is 12.0 Å². The third-order valence-corrected chi connectivity index (χ3v) is 4.07. The molecule has 1 aliphatic rings. The molecule has 110 valence electrons. The Bertz CT molecular complexity index is 659. The maximum Gasteiger partial charge on any atom is 0.159 e. The van der Waals surface area contributed by atoms with Crippen LogP contribution in [0.3, 0.4) is 0 Å². The van der Waals surface area contributed by atoms with Crippen LogP contribution in [0.1, 0.15) is 11.1 Å². The maximum absolute atomic E-state index is 13.4. The van der Waals surface area contributed by atoms with E-state index >= 15 is 0 Å². The summed E-state index contributed by atoms with van der Waals surface area (Å²) in [5, 5.41) is 0. The van der Waals surface area contributed by atoms with Crippen molar-refractivity contribution in [2.24, 2.45) is 11.1 Å². The molecule has 0 aliphatic carbocycles. The average molecular weight is 289 g/mol. The molecular weight excluding hydrogens is 272 g/mol. The second kappa shape index (κ2) is 5.45. The van der Waals surface area contributed by atoms with Gasteiger partial charge in [-0.1, -0.05) is 24.3 Å². The minimum Gasteiger partial charge on any atom is -0.493 e. The number of ether oxygens (including phenoxy) is 1. The van der Waals surface area contributed by atoms with Crippen molar-refractivity contribution in [1.29, 1.82) is 0 Å². The molecule has 0 fully saturated rings. The van der Waals surface area contributed by atoms with Crippen LogP contribution in [0, 0.1) is 17.0 Å². The molecule has 3 rings (SSSR count). The smallest absolute Gasteiger partial charge is 0.159 e. The van der Waals surface area contributed by atoms with Crippen LogP contribution in [0.5, 0.6) is 5.75 Å². The summed E-state index contributed by atoms with van der Waals surface area (Å²) in [7, 11) is 0. The normalized spacial score (nSPS) is 20.7. The molecule has 1 atom stereocenters. The first-order valence-corrected chi connectivity index (χ1v) is 6.97. The number of rotatable bonds is 3. The lowest BCUT2D eigenvalue weighted by Gasteiger charge is -2.37. The number of halogens is 2. The van der Waals surface area contributed by atoms with Crippen LogP contribution in [0.2, 0.25) is 0 Å². The summed E-state index contributed by atoms with van der Waals surface area (Å²) in [6, 6.07) is 11.9. The molecule has 2 N–H and O–H groups in total. The first-order chi connectivity index (χ1) is 10.1. The third kappa shape index (κ3) is 2.76. The maximum atomic E-state index is 13.4. The second-order valence-electron chi connectivity index (χ2n) is 5.70. The van der Waals surface area contributed by atoms with Crippen LogP contribution >= 0.6 is 0 Å². The van der Waals surface area contributed by atoms with Crippen LogP contribution in [0.25, 0.3) is 0 Å². The largest absolute Gasteiger partial charge is 0.493 e. The number of benzene rings is 2. The van der Waals surface area contributed by atoms with Crippen molar-refractivity contribution in [2.75, 3.05) is 13.2 Å². The van der Waals surface area contributed by atoms with E-state index in [-0.39, 0.29) is 5.41 Å². The molecule has 1 heterocycles. The summed E-state index contributed by atoms with van der Waals surface area (Å²) in [4.78, 5) is 0. The Morgan fingerprint density at radius 1 is 1.10 bits per heavy atom. The van der Waals surface area contributed by atoms with Gasteiger partial charge in [0.25, 0.3) is 0 Å². The molecule has 0 radical (unpaired) electrons. The summed E-state index contributed by atoms with van der Waals surface area (Å²) in [6.45, 7) is 0.917. The van der Waals surface area contributed by atoms with Crippen LogP contribution in [0.4, 0.5) is 8.78 Å². The van der Waals surface area contributed by atoms with Gasteiger partial charge in [0.2, 0.25) is 0 Å². The number of para-hydroxylation sites is 1. The zero-order valence-corrected chi connectivity index (χ0v) is 11.6. The third-order valence-electron chi connectivity index (χ3n) is 4.07. The van der Waals surface area contributed by atoms with Crippen LogP contribution in [-0.2, 0) is 12.8 Å². The van der Waals surface area contributed by atoms with Crippen molar-refractivity contribution in [1.82, 2.24) is 0 Å². The van der Waals surface area contributed by atoms with Crippen molar-refractivity contribution in [3.63, 3.8) is 0 Å². The fraction of sp³-hybridized carbons (Fsp3) is 0.294. The first-order valence-electron chi connectivity index (χ1n) is 6.97. The molecule has 0 saturated carbocycles. The van der Waals surface area contributed by atoms with E-state index in [1.54, 1.807) is 6.07 Å². The SMILES string of the molecule is NCC1(Cc2ccc(F)c(F)c2)COc2ccccc2C1. The van der Waals surface area contributed by atoms with E-state index in [9.17, 15) is 8.78 Å². The predicted molar refractivity (Wildman–Crippen MR) is 77.2 cm³/mol. The highest BCUT2D eigenvalue weighted by atomic mass is 19.2. The van der Waals surface area contributed by atoms with Gasteiger partial charge in [0.1, 0.15) is 5.75 Å². The zero-order chi connectivity index (χ0) is 14.9. The minimum atomic E-state index is -0.828. The Labute approximate surface area is 122 Å². The van der Waals surface area contributed by atoms with Gasteiger partial charge in [-0.25, -0.2) is 8.78 Å². The van der Waals surface area contributed by atoms with Gasteiger partial charge in [-0.2, -0.15) is 0 Å². The molecule has 1 aliphatic heterocycles. The van der Waals surface area contributed by atoms with Crippen molar-refractivity contribution >= 4 is 0 Å². The molecule has 0 aromatic heterocycles. The Balaban J connectivity index is 1.86. The average Bonchev–Trinajstić information content (AvgIpc) is 2.51. The van der Waals surface area contributed by atoms with Crippen LogP contribution in [-0.4, -0.2) is 13.2 Å². The van der Waals surface area contributed by atoms with Gasteiger partial charge >= 0.3 is 0 Å². The molecule has 4 heteroatoms. The van der Waals surface area contributed by atoms with Gasteiger partial charge in [-0.15, -0.1) is 0 Å². The molecule has 1 unspecified atom stereocenters. The zero-order valence-electron chi connectivity index (χ0n) is 11.6. The predicted octanol–water partition coefficient (Wildman–Crippen LogP) is 3.09. The van der Waals surface area contributed by atoms with Crippen LogP contribution in [0.15, 0.2) is 42.5 Å². The number of nitrogens with two attached hydrogens (primary N) is 1. The van der Waals surface area contributed by atoms with Crippen molar-refractivity contribution in [3.05, 3.63) is 65.2 Å². The lowest BCUT2D eigenvalue weighted by atomic mass is 9.75. The van der Waals surface area contributed by atoms with E-state index in [1.165, 1.54) is 6.07 Å². The summed E-state index contributed by atoms with van der Waals surface area (Å²) in [5.41, 5.74) is 7.53. The second-order valence-corrected chi connectivity index (χ2v) is 5.70. The van der Waals surface area contributed by atoms with Crippen molar-refractivity contribution in [2.45, 2.75) is 12.8 Å². The van der Waals surface area contributed by atoms with Crippen molar-refractivity contribution < 1.29 is 13.5 Å². The quantitative estimate of drug-likeness (QED) is 0.942. The van der Waals surface area contributed by atoms with Gasteiger partial charge in [-0.3, -0.25) is 0 Å². The highest BCUT2D eigenvalue weighted by Crippen LogP contribution is 2.36. The first kappa shape index (κ1) is 14.0. The molecular formula is C17H17F2NO. The van der Waals surface area contributed by atoms with E-state index in [0.717, 1.165) is 29.4 Å². The van der Waals surface area contributed by atoms with Gasteiger partial charge in [-0.05, 0) is 42.2 Å². The molecule has 21 heavy (non-hydrogen) atoms. The molecule has 0 spiro atoms. The standard InChI is InChI=1S/C17H17F2NO/c18-14-6-5-12(7-15(14)19)8-17(10-20)9-13-3-1-2-4-16(13)21-11-17/h1-7H,8-11,20H2. The topological polar surface area (TPSA) is 35.2 Å². The highest BCUT2D eigenvalue weighted by molar-refractivity contribution is 5.36. The Morgan fingerprint density at radius 3 is 2.67 bits per heavy atom. The van der Waals surface area contributed by atoms with E-state index in [2.05, 4.69) is 0 Å². The summed E-state index contributed by atoms with van der Waals surface area (Å²) in [5.74, 6) is -0.769. The summed E-state index contributed by atoms with van der Waals surface area (Å²) in [6.07, 6.45) is 1.34. The number of fused-ring (bicyclic) bond motifs is 1. The summed E-state index contributed by atoms with van der Waals surface area (Å²) >= 11 is 0. The minimum absolute atomic E-state index is 0.279. The van der Waals surface area contributed by atoms with Crippen LogP contribution < -0.4 is 10.5 Å². The van der Waals surface area contributed by atoms with Gasteiger partial charge in [0.15, 0.2) is 11.6 Å². The fourth-order valence-electron chi connectivity index (χ4n) is 2.88. The number of hydrogen-bond acceptors (Lipinski definition) is 2. The Morgan fingerprint density at radius 2 is 1.90 bits per heavy atom. The molecule has 2 aromatic carbocycles. The van der Waals surface area contributed by atoms with E-state index in [1.807, 2.05) is 24.3 Å². The Kier molecular flexibility index (Phi) is 3.64. The molecule has 0 amide bonds.